The Balaban J connectivity index is 2.02. The van der Waals surface area contributed by atoms with E-state index in [0.29, 0.717) is 32.8 Å². The summed E-state index contributed by atoms with van der Waals surface area (Å²) in [7, 11) is 1.75. The second-order valence-corrected chi connectivity index (χ2v) is 17.9. The zero-order valence-electron chi connectivity index (χ0n) is 31.4. The summed E-state index contributed by atoms with van der Waals surface area (Å²) in [5, 5.41) is 3.28. The highest BCUT2D eigenvalue weighted by Gasteiger charge is 2.52. The molecule has 0 bridgehead atoms. The van der Waals surface area contributed by atoms with Gasteiger partial charge in [-0.3, -0.25) is 9.63 Å². The van der Waals surface area contributed by atoms with Crippen LogP contribution in [0, 0.1) is 5.92 Å². The second kappa shape index (κ2) is 21.3. The molecule has 274 valence electrons. The van der Waals surface area contributed by atoms with Gasteiger partial charge in [-0.15, -0.1) is 0 Å². The van der Waals surface area contributed by atoms with E-state index < -0.39 is 14.4 Å². The molecule has 8 nitrogen and oxygen atoms in total. The number of methoxy groups -OCH3 is 1. The van der Waals surface area contributed by atoms with Crippen molar-refractivity contribution in [2.75, 3.05) is 47.9 Å². The Hall–Kier alpha value is -3.15. The van der Waals surface area contributed by atoms with Crippen molar-refractivity contribution >= 4 is 24.6 Å². The molecule has 0 fully saturated rings. The smallest absolute Gasteiger partial charge is 0.261 e. The zero-order valence-corrected chi connectivity index (χ0v) is 32.4. The molecule has 0 heterocycles. The van der Waals surface area contributed by atoms with E-state index in [0.717, 1.165) is 27.9 Å². The highest BCUT2D eigenvalue weighted by molar-refractivity contribution is 6.99. The van der Waals surface area contributed by atoms with Crippen LogP contribution in [0.2, 0.25) is 5.04 Å². The Labute approximate surface area is 301 Å². The predicted molar refractivity (Wildman–Crippen MR) is 203 cm³/mol. The minimum atomic E-state index is -3.02. The van der Waals surface area contributed by atoms with Gasteiger partial charge in [0.1, 0.15) is 6.79 Å². The predicted octanol–water partition coefficient (Wildman–Crippen LogP) is 6.93. The van der Waals surface area contributed by atoms with Crippen molar-refractivity contribution in [3.8, 4) is 0 Å². The van der Waals surface area contributed by atoms with Gasteiger partial charge in [-0.05, 0) is 39.9 Å². The van der Waals surface area contributed by atoms with Gasteiger partial charge in [-0.2, -0.15) is 0 Å². The summed E-state index contributed by atoms with van der Waals surface area (Å²) in [5.41, 5.74) is 2.19. The Bertz CT molecular complexity index is 1360. The van der Waals surface area contributed by atoms with Crippen LogP contribution in [0.5, 0.6) is 0 Å². The third kappa shape index (κ3) is 12.3. The van der Waals surface area contributed by atoms with Crippen LogP contribution in [0.25, 0.3) is 0 Å². The number of carbonyl (C=O) groups excluding carboxylic acids is 1. The molecule has 0 saturated heterocycles. The van der Waals surface area contributed by atoms with Gasteiger partial charge in [0.25, 0.3) is 8.32 Å². The van der Waals surface area contributed by atoms with Crippen molar-refractivity contribution in [1.29, 1.82) is 0 Å². The van der Waals surface area contributed by atoms with E-state index in [-0.39, 0.29) is 36.2 Å². The van der Waals surface area contributed by atoms with Crippen molar-refractivity contribution in [3.05, 3.63) is 108 Å². The molecule has 0 spiro atoms. The maximum Gasteiger partial charge on any atom is 0.261 e. The largest absolute Gasteiger partial charge is 0.404 e. The Morgan fingerprint density at radius 1 is 0.860 bits per heavy atom. The molecule has 0 unspecified atom stereocenters. The lowest BCUT2D eigenvalue weighted by molar-refractivity contribution is -0.171. The van der Waals surface area contributed by atoms with Gasteiger partial charge in [-0.1, -0.05) is 125 Å². The monoisotopic (exact) mass is 705 g/mol. The summed E-state index contributed by atoms with van der Waals surface area (Å²) >= 11 is 0. The first-order chi connectivity index (χ1) is 24.0. The van der Waals surface area contributed by atoms with Crippen LogP contribution in [0.1, 0.15) is 59.4 Å². The standard InChI is InChI=1S/C41H59NO7Si/c1-9-34(30-47-31-35-19-13-10-14-20-35)27-33(2)39(48-32-46-26-25-44-7)28-36(29-40(43)42(6)45-8)49-50(41(3,4)5,37-21-15-11-16-22-37)38-23-17-12-18-24-38/h10-24,27,34,36,39H,9,25-26,28-32H2,1-8H3/b33-27-/t34-,36-,39+/m0/s1. The fourth-order valence-corrected chi connectivity index (χ4v) is 10.9. The van der Waals surface area contributed by atoms with E-state index in [1.165, 1.54) is 12.2 Å². The summed E-state index contributed by atoms with van der Waals surface area (Å²) < 4.78 is 31.1. The average molecular weight is 706 g/mol. The van der Waals surface area contributed by atoms with Crippen LogP contribution in [-0.4, -0.2) is 79.4 Å². The normalized spacial score (nSPS) is 14.3. The van der Waals surface area contributed by atoms with Gasteiger partial charge in [0, 0.05) is 26.5 Å². The number of benzene rings is 3. The third-order valence-electron chi connectivity index (χ3n) is 9.02. The molecule has 9 heteroatoms. The Morgan fingerprint density at radius 2 is 1.44 bits per heavy atom. The summed E-state index contributed by atoms with van der Waals surface area (Å²) in [6, 6.07) is 31.2. The number of hydrogen-bond acceptors (Lipinski definition) is 7. The number of hydroxylamine groups is 2. The minimum Gasteiger partial charge on any atom is -0.404 e. The molecule has 0 aliphatic carbocycles. The van der Waals surface area contributed by atoms with E-state index in [1.54, 1.807) is 14.2 Å². The SMILES string of the molecule is CC[C@@H](/C=C(/C)[C@@H](C[C@@H](CC(=O)N(C)OC)O[Si](c1ccccc1)(c1ccccc1)C(C)(C)C)OCOCCOC)COCc1ccccc1. The average Bonchev–Trinajstić information content (AvgIpc) is 3.12. The van der Waals surface area contributed by atoms with Crippen LogP contribution in [0.15, 0.2) is 103 Å². The van der Waals surface area contributed by atoms with Crippen molar-refractivity contribution in [3.63, 3.8) is 0 Å². The number of carbonyl (C=O) groups is 1. The molecule has 0 aliphatic rings. The minimum absolute atomic E-state index is 0.0817. The lowest BCUT2D eigenvalue weighted by Crippen LogP contribution is -2.68. The van der Waals surface area contributed by atoms with Gasteiger partial charge in [0.05, 0.1) is 52.2 Å². The molecule has 3 atom stereocenters. The van der Waals surface area contributed by atoms with Gasteiger partial charge >= 0.3 is 0 Å². The van der Waals surface area contributed by atoms with E-state index in [9.17, 15) is 4.79 Å². The molecular weight excluding hydrogens is 647 g/mol. The molecule has 0 radical (unpaired) electrons. The maximum atomic E-state index is 13.6. The molecule has 0 aliphatic heterocycles. The van der Waals surface area contributed by atoms with E-state index >= 15 is 0 Å². The molecule has 1 amide bonds. The van der Waals surface area contributed by atoms with Crippen LogP contribution < -0.4 is 10.4 Å². The van der Waals surface area contributed by atoms with Crippen LogP contribution in [-0.2, 0) is 39.6 Å². The van der Waals surface area contributed by atoms with Crippen LogP contribution in [0.4, 0.5) is 0 Å². The lowest BCUT2D eigenvalue weighted by Gasteiger charge is -2.45. The Morgan fingerprint density at radius 3 is 1.96 bits per heavy atom. The lowest BCUT2D eigenvalue weighted by atomic mass is 9.97. The van der Waals surface area contributed by atoms with Crippen molar-refractivity contribution in [2.24, 2.45) is 5.92 Å². The number of amides is 1. The van der Waals surface area contributed by atoms with Gasteiger partial charge < -0.3 is 23.4 Å². The summed E-state index contributed by atoms with van der Waals surface area (Å²) in [6.07, 6.45) is 2.81. The first kappa shape index (κ1) is 41.3. The first-order valence-electron chi connectivity index (χ1n) is 17.6. The Kier molecular flexibility index (Phi) is 17.6. The number of nitrogens with zero attached hydrogens (tertiary/aromatic N) is 1. The van der Waals surface area contributed by atoms with Gasteiger partial charge in [0.2, 0.25) is 5.91 Å². The molecule has 0 N–H and O–H groups in total. The number of hydrogen-bond donors (Lipinski definition) is 0. The van der Waals surface area contributed by atoms with Crippen molar-refractivity contribution in [1.82, 2.24) is 5.06 Å². The summed E-state index contributed by atoms with van der Waals surface area (Å²) in [4.78, 5) is 18.9. The first-order valence-corrected chi connectivity index (χ1v) is 19.5. The van der Waals surface area contributed by atoms with Gasteiger partial charge in [0.15, 0.2) is 0 Å². The third-order valence-corrected chi connectivity index (χ3v) is 14.1. The van der Waals surface area contributed by atoms with E-state index in [2.05, 4.69) is 101 Å². The molecule has 0 saturated carbocycles. The second-order valence-electron chi connectivity index (χ2n) is 13.7. The van der Waals surface area contributed by atoms with Gasteiger partial charge in [-0.25, -0.2) is 5.06 Å². The molecule has 50 heavy (non-hydrogen) atoms. The van der Waals surface area contributed by atoms with Crippen LogP contribution >= 0.6 is 0 Å². The highest BCUT2D eigenvalue weighted by Crippen LogP contribution is 2.39. The maximum absolute atomic E-state index is 13.6. The van der Waals surface area contributed by atoms with Crippen molar-refractivity contribution in [2.45, 2.75) is 77.7 Å². The fourth-order valence-electron chi connectivity index (χ4n) is 6.16. The quantitative estimate of drug-likeness (QED) is 0.0369. The molecule has 3 aromatic rings. The molecular formula is C41H59NO7Si. The highest BCUT2D eigenvalue weighted by atomic mass is 28.4. The van der Waals surface area contributed by atoms with E-state index in [1.807, 2.05) is 30.3 Å². The summed E-state index contributed by atoms with van der Waals surface area (Å²) in [6.45, 7) is 13.1. The number of ether oxygens (including phenoxy) is 4. The van der Waals surface area contributed by atoms with Crippen LogP contribution in [0.3, 0.4) is 0 Å². The van der Waals surface area contributed by atoms with E-state index in [4.69, 9.17) is 28.2 Å². The topological polar surface area (TPSA) is 75.7 Å². The molecule has 0 aromatic heterocycles. The van der Waals surface area contributed by atoms with Crippen molar-refractivity contribution < 1.29 is 33.0 Å². The summed E-state index contributed by atoms with van der Waals surface area (Å²) in [5.74, 6) is 0.00410. The zero-order chi connectivity index (χ0) is 36.4. The molecule has 3 aromatic carbocycles. The fraction of sp³-hybridized carbons (Fsp3) is 0.488. The molecule has 3 rings (SSSR count). The number of rotatable bonds is 22.